The van der Waals surface area contributed by atoms with Crippen LogP contribution in [0.3, 0.4) is 0 Å². The second-order valence-corrected chi connectivity index (χ2v) is 8.56. The van der Waals surface area contributed by atoms with Crippen LogP contribution in [-0.4, -0.2) is 43.1 Å². The van der Waals surface area contributed by atoms with Gasteiger partial charge in [0, 0.05) is 39.4 Å². The number of benzene rings is 1. The molecule has 1 heterocycles. The maximum atomic E-state index is 12.7. The molecule has 152 valence electrons. The maximum absolute atomic E-state index is 12.7. The second kappa shape index (κ2) is 9.20. The number of anilines is 1. The maximum Gasteiger partial charge on any atom is 0.325 e. The summed E-state index contributed by atoms with van der Waals surface area (Å²) in [6, 6.07) is 12.4. The molecule has 1 N–H and O–H groups in total. The van der Waals surface area contributed by atoms with Crippen LogP contribution in [0.5, 0.6) is 0 Å². The summed E-state index contributed by atoms with van der Waals surface area (Å²) in [6.45, 7) is 12.7. The first-order chi connectivity index (χ1) is 13.1. The monoisotopic (exact) mass is 382 g/mol. The van der Waals surface area contributed by atoms with E-state index in [9.17, 15) is 4.79 Å². The summed E-state index contributed by atoms with van der Waals surface area (Å²) in [5.74, 6) is 0.702. The van der Waals surface area contributed by atoms with Gasteiger partial charge in [-0.2, -0.15) is 0 Å². The van der Waals surface area contributed by atoms with Crippen molar-refractivity contribution in [1.82, 2.24) is 15.2 Å². The van der Waals surface area contributed by atoms with Gasteiger partial charge in [-0.05, 0) is 48.1 Å². The number of nitrogens with zero attached hydrogens (tertiary/aromatic N) is 3. The van der Waals surface area contributed by atoms with E-state index in [4.69, 9.17) is 0 Å². The molecule has 2 rings (SSSR count). The van der Waals surface area contributed by atoms with E-state index in [1.54, 1.807) is 23.9 Å². The molecule has 0 unspecified atom stereocenters. The first-order valence-electron chi connectivity index (χ1n) is 9.83. The molecule has 0 spiro atoms. The van der Waals surface area contributed by atoms with Crippen molar-refractivity contribution >= 4 is 11.8 Å². The number of hydrogen-bond acceptors (Lipinski definition) is 3. The molecule has 0 atom stereocenters. The number of hydrogen-bond donors (Lipinski definition) is 1. The van der Waals surface area contributed by atoms with Crippen LogP contribution in [0.15, 0.2) is 36.4 Å². The highest BCUT2D eigenvalue weighted by molar-refractivity contribution is 5.90. The molecule has 0 saturated carbocycles. The standard InChI is InChI=1S/C23H34N4O/c1-17-14-18(2)25-21(15-17)27(22(28)26(6)7)13-12-24-16-19-10-8-9-11-20(19)23(3,4)5/h8-11,14-15,24H,12-13,16H2,1-7H3. The average molecular weight is 383 g/mol. The number of rotatable bonds is 6. The van der Waals surface area contributed by atoms with Crippen LogP contribution in [0.1, 0.15) is 43.2 Å². The summed E-state index contributed by atoms with van der Waals surface area (Å²) < 4.78 is 0. The van der Waals surface area contributed by atoms with Crippen LogP contribution in [0.25, 0.3) is 0 Å². The highest BCUT2D eigenvalue weighted by Crippen LogP contribution is 2.25. The topological polar surface area (TPSA) is 48.5 Å². The minimum Gasteiger partial charge on any atom is -0.330 e. The van der Waals surface area contributed by atoms with E-state index < -0.39 is 0 Å². The normalized spacial score (nSPS) is 11.4. The summed E-state index contributed by atoms with van der Waals surface area (Å²) in [6.07, 6.45) is 0. The zero-order chi connectivity index (χ0) is 20.9. The van der Waals surface area contributed by atoms with E-state index in [2.05, 4.69) is 55.3 Å². The second-order valence-electron chi connectivity index (χ2n) is 8.56. The molecular weight excluding hydrogens is 348 g/mol. The lowest BCUT2D eigenvalue weighted by Crippen LogP contribution is -2.43. The van der Waals surface area contributed by atoms with Crippen LogP contribution in [0.4, 0.5) is 10.6 Å². The van der Waals surface area contributed by atoms with Gasteiger partial charge >= 0.3 is 6.03 Å². The van der Waals surface area contributed by atoms with Crippen molar-refractivity contribution in [1.29, 1.82) is 0 Å². The fraction of sp³-hybridized carbons (Fsp3) is 0.478. The molecule has 0 aliphatic rings. The predicted octanol–water partition coefficient (Wildman–Crippen LogP) is 4.27. The van der Waals surface area contributed by atoms with E-state index in [0.29, 0.717) is 18.9 Å². The quantitative estimate of drug-likeness (QED) is 0.759. The number of amides is 2. The Labute approximate surface area is 169 Å². The lowest BCUT2D eigenvalue weighted by atomic mass is 9.84. The van der Waals surface area contributed by atoms with Crippen molar-refractivity contribution in [3.05, 3.63) is 58.8 Å². The minimum absolute atomic E-state index is 0.0607. The van der Waals surface area contributed by atoms with E-state index in [1.807, 2.05) is 26.0 Å². The van der Waals surface area contributed by atoms with E-state index in [1.165, 1.54) is 11.1 Å². The molecule has 2 aromatic rings. The largest absolute Gasteiger partial charge is 0.330 e. The summed E-state index contributed by atoms with van der Waals surface area (Å²) in [5, 5.41) is 3.50. The molecule has 0 fully saturated rings. The van der Waals surface area contributed by atoms with Crippen LogP contribution in [0, 0.1) is 13.8 Å². The lowest BCUT2D eigenvalue weighted by molar-refractivity contribution is 0.223. The van der Waals surface area contributed by atoms with Crippen LogP contribution < -0.4 is 10.2 Å². The summed E-state index contributed by atoms with van der Waals surface area (Å²) in [4.78, 5) is 20.6. The molecule has 1 aromatic heterocycles. The highest BCUT2D eigenvalue weighted by atomic mass is 16.2. The summed E-state index contributed by atoms with van der Waals surface area (Å²) in [5.41, 5.74) is 4.77. The van der Waals surface area contributed by atoms with Crippen LogP contribution in [-0.2, 0) is 12.0 Å². The predicted molar refractivity (Wildman–Crippen MR) is 117 cm³/mol. The number of aromatic nitrogens is 1. The molecule has 0 bridgehead atoms. The molecule has 0 aliphatic carbocycles. The van der Waals surface area contributed by atoms with Gasteiger partial charge in [-0.15, -0.1) is 0 Å². The van der Waals surface area contributed by atoms with Gasteiger partial charge < -0.3 is 10.2 Å². The Bertz CT molecular complexity index is 788. The summed E-state index contributed by atoms with van der Waals surface area (Å²) >= 11 is 0. The Hall–Kier alpha value is -2.40. The van der Waals surface area contributed by atoms with Gasteiger partial charge in [0.25, 0.3) is 0 Å². The third kappa shape index (κ3) is 5.80. The third-order valence-corrected chi connectivity index (χ3v) is 4.63. The lowest BCUT2D eigenvalue weighted by Gasteiger charge is -2.26. The molecule has 2 amide bonds. The number of pyridine rings is 1. The van der Waals surface area contributed by atoms with Crippen LogP contribution in [0.2, 0.25) is 0 Å². The Morgan fingerprint density at radius 2 is 1.79 bits per heavy atom. The number of carbonyl (C=O) groups is 1. The Kier molecular flexibility index (Phi) is 7.19. The Balaban J connectivity index is 2.08. The van der Waals surface area contributed by atoms with Gasteiger partial charge in [0.15, 0.2) is 0 Å². The van der Waals surface area contributed by atoms with Crippen molar-refractivity contribution in [2.75, 3.05) is 32.1 Å². The van der Waals surface area contributed by atoms with Gasteiger partial charge in [-0.3, -0.25) is 4.90 Å². The molecule has 0 saturated heterocycles. The zero-order valence-corrected chi connectivity index (χ0v) is 18.3. The first-order valence-corrected chi connectivity index (χ1v) is 9.83. The smallest absolute Gasteiger partial charge is 0.325 e. The summed E-state index contributed by atoms with van der Waals surface area (Å²) in [7, 11) is 3.54. The number of aryl methyl sites for hydroxylation is 2. The number of nitrogens with one attached hydrogen (secondary N) is 1. The molecule has 1 aromatic carbocycles. The first kappa shape index (κ1) is 21.9. The molecule has 5 nitrogen and oxygen atoms in total. The van der Waals surface area contributed by atoms with Gasteiger partial charge in [-0.25, -0.2) is 9.78 Å². The SMILES string of the molecule is Cc1cc(C)nc(N(CCNCc2ccccc2C(C)(C)C)C(=O)N(C)C)c1. The van der Waals surface area contributed by atoms with Crippen molar-refractivity contribution in [3.8, 4) is 0 Å². The zero-order valence-electron chi connectivity index (χ0n) is 18.3. The van der Waals surface area contributed by atoms with Crippen molar-refractivity contribution in [3.63, 3.8) is 0 Å². The fourth-order valence-corrected chi connectivity index (χ4v) is 3.33. The van der Waals surface area contributed by atoms with E-state index in [-0.39, 0.29) is 11.4 Å². The van der Waals surface area contributed by atoms with Crippen molar-refractivity contribution in [2.45, 2.75) is 46.6 Å². The molecule has 0 aliphatic heterocycles. The average Bonchev–Trinajstić information content (AvgIpc) is 2.59. The third-order valence-electron chi connectivity index (χ3n) is 4.63. The molecule has 5 heteroatoms. The molecular formula is C23H34N4O. The van der Waals surface area contributed by atoms with Gasteiger partial charge in [0.1, 0.15) is 5.82 Å². The Morgan fingerprint density at radius 3 is 2.39 bits per heavy atom. The molecule has 28 heavy (non-hydrogen) atoms. The van der Waals surface area contributed by atoms with Crippen molar-refractivity contribution in [2.24, 2.45) is 0 Å². The number of urea groups is 1. The Morgan fingerprint density at radius 1 is 1.11 bits per heavy atom. The number of carbonyl (C=O) groups excluding carboxylic acids is 1. The van der Waals surface area contributed by atoms with E-state index >= 15 is 0 Å². The van der Waals surface area contributed by atoms with Gasteiger partial charge in [-0.1, -0.05) is 45.0 Å². The highest BCUT2D eigenvalue weighted by Gasteiger charge is 2.20. The minimum atomic E-state index is -0.0607. The van der Waals surface area contributed by atoms with Gasteiger partial charge in [0.2, 0.25) is 0 Å². The van der Waals surface area contributed by atoms with Crippen LogP contribution >= 0.6 is 0 Å². The molecule has 0 radical (unpaired) electrons. The van der Waals surface area contributed by atoms with Crippen molar-refractivity contribution < 1.29 is 4.79 Å². The van der Waals surface area contributed by atoms with E-state index in [0.717, 1.165) is 17.8 Å². The van der Waals surface area contributed by atoms with Gasteiger partial charge in [0.05, 0.1) is 0 Å². The fourth-order valence-electron chi connectivity index (χ4n) is 3.33.